The van der Waals surface area contributed by atoms with Crippen LogP contribution in [0.4, 0.5) is 0 Å². The molecule has 2 rings (SSSR count). The van der Waals surface area contributed by atoms with Crippen molar-refractivity contribution < 1.29 is 27.1 Å². The second kappa shape index (κ2) is 6.86. The lowest BCUT2D eigenvalue weighted by atomic mass is 9.93. The Balaban J connectivity index is 2.37. The molecular weight excluding hydrogens is 353 g/mol. The minimum atomic E-state index is -3.78. The van der Waals surface area contributed by atoms with Crippen LogP contribution in [0.1, 0.15) is 20.3 Å². The van der Waals surface area contributed by atoms with Gasteiger partial charge >= 0.3 is 7.60 Å². The van der Waals surface area contributed by atoms with Crippen LogP contribution in [0.2, 0.25) is 0 Å². The van der Waals surface area contributed by atoms with Crippen LogP contribution in [0.25, 0.3) is 0 Å². The Morgan fingerprint density at radius 3 is 2.25 bits per heavy atom. The fraction of sp³-hybridized carbons (Fsp3) is 0.600. The van der Waals surface area contributed by atoms with E-state index in [1.165, 1.54) is 30.7 Å². The number of benzene rings is 1. The first-order chi connectivity index (χ1) is 11.1. The van der Waals surface area contributed by atoms with Gasteiger partial charge in [0.2, 0.25) is 10.0 Å². The second-order valence-electron chi connectivity index (χ2n) is 6.08. The van der Waals surface area contributed by atoms with Gasteiger partial charge in [0.25, 0.3) is 0 Å². The third kappa shape index (κ3) is 3.07. The number of aliphatic hydroxyl groups is 1. The van der Waals surface area contributed by atoms with Crippen molar-refractivity contribution in [2.75, 3.05) is 20.8 Å². The SMILES string of the molecule is COP(=O)(OC)[C@]1(O)C[C@@H](C)N(S(=O)(=O)c2ccccc2)C[C@H]1C. The summed E-state index contributed by atoms with van der Waals surface area (Å²) in [6.45, 7) is 3.34. The van der Waals surface area contributed by atoms with Crippen molar-refractivity contribution in [1.29, 1.82) is 0 Å². The van der Waals surface area contributed by atoms with Crippen molar-refractivity contribution >= 4 is 17.6 Å². The first-order valence-corrected chi connectivity index (χ1v) is 10.6. The van der Waals surface area contributed by atoms with Crippen LogP contribution in [0.5, 0.6) is 0 Å². The number of hydrogen-bond donors (Lipinski definition) is 1. The summed E-state index contributed by atoms with van der Waals surface area (Å²) >= 11 is 0. The van der Waals surface area contributed by atoms with Crippen LogP contribution in [0.15, 0.2) is 35.2 Å². The van der Waals surface area contributed by atoms with Gasteiger partial charge in [0.1, 0.15) is 0 Å². The molecule has 1 heterocycles. The fourth-order valence-electron chi connectivity index (χ4n) is 3.17. The van der Waals surface area contributed by atoms with E-state index in [2.05, 4.69) is 0 Å². The molecule has 0 unspecified atom stereocenters. The number of nitrogens with zero attached hydrogens (tertiary/aromatic N) is 1. The molecule has 1 aliphatic heterocycles. The molecule has 0 aliphatic carbocycles. The van der Waals surface area contributed by atoms with Crippen LogP contribution in [-0.2, 0) is 23.6 Å². The van der Waals surface area contributed by atoms with Gasteiger partial charge in [-0.2, -0.15) is 4.31 Å². The quantitative estimate of drug-likeness (QED) is 0.792. The van der Waals surface area contributed by atoms with Gasteiger partial charge in [0, 0.05) is 39.1 Å². The van der Waals surface area contributed by atoms with Crippen molar-refractivity contribution in [3.05, 3.63) is 30.3 Å². The fourth-order valence-corrected chi connectivity index (χ4v) is 6.80. The lowest BCUT2D eigenvalue weighted by Crippen LogP contribution is -2.56. The topological polar surface area (TPSA) is 93.1 Å². The Labute approximate surface area is 143 Å². The Morgan fingerprint density at radius 2 is 1.75 bits per heavy atom. The highest BCUT2D eigenvalue weighted by molar-refractivity contribution is 7.89. The Hall–Kier alpha value is -0.760. The normalized spacial score (nSPS) is 29.5. The zero-order valence-electron chi connectivity index (χ0n) is 14.2. The van der Waals surface area contributed by atoms with E-state index in [0.717, 1.165) is 0 Å². The second-order valence-corrected chi connectivity index (χ2v) is 10.5. The van der Waals surface area contributed by atoms with E-state index in [4.69, 9.17) is 9.05 Å². The minimum absolute atomic E-state index is 0.0194. The third-order valence-electron chi connectivity index (χ3n) is 4.64. The molecule has 1 saturated heterocycles. The number of rotatable bonds is 5. The molecule has 3 atom stereocenters. The minimum Gasteiger partial charge on any atom is -0.377 e. The first kappa shape index (κ1) is 19.6. The van der Waals surface area contributed by atoms with E-state index >= 15 is 0 Å². The summed E-state index contributed by atoms with van der Waals surface area (Å²) < 4.78 is 49.7. The van der Waals surface area contributed by atoms with Crippen molar-refractivity contribution in [2.24, 2.45) is 5.92 Å². The molecular formula is C15H24NO6PS. The zero-order chi connectivity index (χ0) is 18.2. The average Bonchev–Trinajstić information content (AvgIpc) is 2.57. The molecule has 9 heteroatoms. The Bertz CT molecular complexity index is 717. The van der Waals surface area contributed by atoms with E-state index in [9.17, 15) is 18.1 Å². The van der Waals surface area contributed by atoms with Gasteiger partial charge in [0.15, 0.2) is 5.34 Å². The molecule has 1 aliphatic rings. The smallest absolute Gasteiger partial charge is 0.361 e. The molecule has 136 valence electrons. The van der Waals surface area contributed by atoms with Crippen LogP contribution >= 0.6 is 7.60 Å². The van der Waals surface area contributed by atoms with Gasteiger partial charge in [-0.05, 0) is 19.1 Å². The van der Waals surface area contributed by atoms with E-state index in [1.807, 2.05) is 0 Å². The van der Waals surface area contributed by atoms with Crippen molar-refractivity contribution in [2.45, 2.75) is 36.5 Å². The van der Waals surface area contributed by atoms with Crippen LogP contribution in [-0.4, -0.2) is 50.0 Å². The highest BCUT2D eigenvalue weighted by atomic mass is 32.2. The van der Waals surface area contributed by atoms with Gasteiger partial charge < -0.3 is 14.2 Å². The van der Waals surface area contributed by atoms with Crippen molar-refractivity contribution in [1.82, 2.24) is 4.31 Å². The largest absolute Gasteiger partial charge is 0.377 e. The van der Waals surface area contributed by atoms with E-state index < -0.39 is 34.9 Å². The predicted octanol–water partition coefficient (Wildman–Crippen LogP) is 2.28. The summed E-state index contributed by atoms with van der Waals surface area (Å²) in [6.07, 6.45) is -0.0425. The summed E-state index contributed by atoms with van der Waals surface area (Å²) in [5.41, 5.74) is 0. The summed E-state index contributed by atoms with van der Waals surface area (Å²) in [5.74, 6) is -0.627. The molecule has 1 aromatic rings. The number of hydrogen-bond acceptors (Lipinski definition) is 6. The molecule has 1 aromatic carbocycles. The van der Waals surface area contributed by atoms with Crippen LogP contribution in [0, 0.1) is 5.92 Å². The molecule has 0 radical (unpaired) electrons. The summed E-state index contributed by atoms with van der Waals surface area (Å²) in [6, 6.07) is 7.56. The molecule has 7 nitrogen and oxygen atoms in total. The maximum Gasteiger partial charge on any atom is 0.361 e. The maximum atomic E-state index is 12.9. The number of sulfonamides is 1. The molecule has 0 amide bonds. The molecule has 24 heavy (non-hydrogen) atoms. The van der Waals surface area contributed by atoms with Gasteiger partial charge in [-0.25, -0.2) is 8.42 Å². The van der Waals surface area contributed by atoms with Gasteiger partial charge in [0.05, 0.1) is 4.90 Å². The van der Waals surface area contributed by atoms with Gasteiger partial charge in [-0.3, -0.25) is 4.57 Å². The van der Waals surface area contributed by atoms with E-state index in [1.54, 1.807) is 32.0 Å². The Kier molecular flexibility index (Phi) is 5.59. The lowest BCUT2D eigenvalue weighted by molar-refractivity contribution is -0.0225. The lowest BCUT2D eigenvalue weighted by Gasteiger charge is -2.47. The summed E-state index contributed by atoms with van der Waals surface area (Å²) in [4.78, 5) is 0.191. The van der Waals surface area contributed by atoms with E-state index in [-0.39, 0.29) is 17.9 Å². The summed E-state index contributed by atoms with van der Waals surface area (Å²) in [5, 5.41) is 9.21. The standard InChI is InChI=1S/C15H24NO6PS/c1-12-11-16(24(19,20)14-8-6-5-7-9-14)13(2)10-15(12,17)23(18,21-3)22-4/h5-9,12-13,17H,10-11H2,1-4H3/t12-,13-,15-/m1/s1. The first-order valence-electron chi connectivity index (χ1n) is 7.63. The number of piperidine rings is 1. The zero-order valence-corrected chi connectivity index (χ0v) is 16.0. The highest BCUT2D eigenvalue weighted by Gasteiger charge is 2.57. The van der Waals surface area contributed by atoms with Crippen molar-refractivity contribution in [3.8, 4) is 0 Å². The average molecular weight is 377 g/mol. The molecule has 1 fully saturated rings. The highest BCUT2D eigenvalue weighted by Crippen LogP contribution is 2.64. The van der Waals surface area contributed by atoms with E-state index in [0.29, 0.717) is 0 Å². The predicted molar refractivity (Wildman–Crippen MR) is 90.2 cm³/mol. The molecule has 0 spiro atoms. The van der Waals surface area contributed by atoms with Crippen LogP contribution < -0.4 is 0 Å². The molecule has 1 N–H and O–H groups in total. The van der Waals surface area contributed by atoms with Crippen molar-refractivity contribution in [3.63, 3.8) is 0 Å². The van der Waals surface area contributed by atoms with Gasteiger partial charge in [-0.1, -0.05) is 25.1 Å². The monoisotopic (exact) mass is 377 g/mol. The Morgan fingerprint density at radius 1 is 1.21 bits per heavy atom. The van der Waals surface area contributed by atoms with Crippen LogP contribution in [0.3, 0.4) is 0 Å². The molecule has 0 aromatic heterocycles. The summed E-state index contributed by atoms with van der Waals surface area (Å²) in [7, 11) is -5.05. The maximum absolute atomic E-state index is 12.9. The van der Waals surface area contributed by atoms with Gasteiger partial charge in [-0.15, -0.1) is 0 Å². The molecule has 0 bridgehead atoms. The third-order valence-corrected chi connectivity index (χ3v) is 9.16. The molecule has 0 saturated carbocycles.